The molecule has 2 nitrogen and oxygen atoms in total. The van der Waals surface area contributed by atoms with E-state index in [4.69, 9.17) is 4.98 Å². The van der Waals surface area contributed by atoms with Crippen molar-refractivity contribution in [1.82, 2.24) is 4.98 Å². The lowest BCUT2D eigenvalue weighted by atomic mass is 9.67. The zero-order valence-electron chi connectivity index (χ0n) is 33.2. The second kappa shape index (κ2) is 14.2. The summed E-state index contributed by atoms with van der Waals surface area (Å²) in [5, 5.41) is 17.2. The van der Waals surface area contributed by atoms with Gasteiger partial charge in [-0.25, -0.2) is 0 Å². The fourth-order valence-electron chi connectivity index (χ4n) is 10.8. The number of aromatic nitrogens is 1. The topological polar surface area (TPSA) is 36.7 Å². The summed E-state index contributed by atoms with van der Waals surface area (Å²) in [5.74, 6) is 0.723. The van der Waals surface area contributed by atoms with E-state index in [1.807, 2.05) is 6.20 Å². The highest BCUT2D eigenvalue weighted by Crippen LogP contribution is 2.58. The molecule has 2 heteroatoms. The van der Waals surface area contributed by atoms with Gasteiger partial charge in [0, 0.05) is 17.8 Å². The third-order valence-electron chi connectivity index (χ3n) is 13.4. The molecular formula is C57H44N2. The first kappa shape index (κ1) is 35.3. The van der Waals surface area contributed by atoms with E-state index in [0.29, 0.717) is 17.5 Å². The van der Waals surface area contributed by atoms with Gasteiger partial charge in [0.1, 0.15) is 0 Å². The van der Waals surface area contributed by atoms with Crippen LogP contribution in [0.2, 0.25) is 0 Å². The highest BCUT2D eigenvalue weighted by molar-refractivity contribution is 6.26. The molecule has 282 valence electrons. The normalized spacial score (nSPS) is 16.6. The first-order chi connectivity index (χ1) is 29.1. The summed E-state index contributed by atoms with van der Waals surface area (Å²) in [4.78, 5) is 4.82. The molecule has 0 saturated carbocycles. The summed E-state index contributed by atoms with van der Waals surface area (Å²) in [6, 6.07) is 64.7. The van der Waals surface area contributed by atoms with Gasteiger partial charge < -0.3 is 5.41 Å². The van der Waals surface area contributed by atoms with Gasteiger partial charge in [-0.1, -0.05) is 171 Å². The Bertz CT molecular complexity index is 3050. The number of pyridine rings is 1. The molecule has 2 aliphatic rings. The number of benzene rings is 8. The van der Waals surface area contributed by atoms with E-state index < -0.39 is 5.41 Å². The van der Waals surface area contributed by atoms with Gasteiger partial charge in [0.05, 0.1) is 11.1 Å². The Hall–Kier alpha value is -6.90. The van der Waals surface area contributed by atoms with Crippen LogP contribution >= 0.6 is 0 Å². The van der Waals surface area contributed by atoms with E-state index >= 15 is 0 Å². The number of hydrogen-bond acceptors (Lipinski definition) is 2. The quantitative estimate of drug-likeness (QED) is 0.128. The van der Waals surface area contributed by atoms with E-state index in [1.165, 1.54) is 88.1 Å². The van der Waals surface area contributed by atoms with Crippen LogP contribution in [0.4, 0.5) is 0 Å². The van der Waals surface area contributed by atoms with Crippen LogP contribution < -0.4 is 0 Å². The largest absolute Gasteiger partial charge is 0.300 e. The maximum absolute atomic E-state index is 9.55. The molecule has 1 heterocycles. The standard InChI is InChI=1S/C57H44N2/c1-2-43-37(26-27-38-15-14-34-59-56(38)43)30-33-54(58)40-29-32-50-53(36-40)57(41-16-5-3-6-17-41,42-18-7-4-8-19-42)52-25-13-24-44(55(50)52)39-28-31-49-47-22-10-9-20-45(47)46-21-11-12-23-48(46)51(49)35-39/h3-25,28-37,43,58H,2,26-27H2,1H3/b33-30-,58-54?. The molecule has 2 atom stereocenters. The summed E-state index contributed by atoms with van der Waals surface area (Å²) in [6.07, 6.45) is 9.43. The minimum Gasteiger partial charge on any atom is -0.300 e. The van der Waals surface area contributed by atoms with E-state index in [9.17, 15) is 5.41 Å². The first-order valence-electron chi connectivity index (χ1n) is 21.1. The van der Waals surface area contributed by atoms with Gasteiger partial charge >= 0.3 is 0 Å². The highest BCUT2D eigenvalue weighted by atomic mass is 14.7. The van der Waals surface area contributed by atoms with Gasteiger partial charge in [-0.05, 0) is 137 Å². The number of nitrogens with zero attached hydrogens (tertiary/aromatic N) is 1. The molecule has 2 unspecified atom stereocenters. The van der Waals surface area contributed by atoms with Crippen LogP contribution in [0.25, 0.3) is 54.6 Å². The van der Waals surface area contributed by atoms with Crippen LogP contribution in [-0.2, 0) is 11.8 Å². The molecule has 0 amide bonds. The Balaban J connectivity index is 1.11. The van der Waals surface area contributed by atoms with Crippen LogP contribution in [0.5, 0.6) is 0 Å². The van der Waals surface area contributed by atoms with Gasteiger partial charge in [-0.2, -0.15) is 0 Å². The summed E-state index contributed by atoms with van der Waals surface area (Å²) >= 11 is 0. The Morgan fingerprint density at radius 1 is 0.610 bits per heavy atom. The third kappa shape index (κ3) is 5.47. The van der Waals surface area contributed by atoms with Crippen LogP contribution in [0.1, 0.15) is 64.8 Å². The number of aryl methyl sites for hydroxylation is 1. The second-order valence-electron chi connectivity index (χ2n) is 16.4. The number of rotatable bonds is 7. The lowest BCUT2D eigenvalue weighted by Crippen LogP contribution is -2.28. The van der Waals surface area contributed by atoms with Crippen molar-refractivity contribution in [3.8, 4) is 22.3 Å². The van der Waals surface area contributed by atoms with E-state index in [2.05, 4.69) is 195 Å². The van der Waals surface area contributed by atoms with Crippen molar-refractivity contribution in [2.24, 2.45) is 5.92 Å². The molecule has 1 aromatic heterocycles. The summed E-state index contributed by atoms with van der Waals surface area (Å²) in [7, 11) is 0. The molecule has 0 saturated heterocycles. The maximum atomic E-state index is 9.55. The average Bonchev–Trinajstić information content (AvgIpc) is 3.61. The first-order valence-corrected chi connectivity index (χ1v) is 21.1. The Labute approximate surface area is 346 Å². The predicted molar refractivity (Wildman–Crippen MR) is 247 cm³/mol. The zero-order valence-corrected chi connectivity index (χ0v) is 33.2. The third-order valence-corrected chi connectivity index (χ3v) is 13.4. The Morgan fingerprint density at radius 2 is 1.25 bits per heavy atom. The molecule has 9 aromatic rings. The van der Waals surface area contributed by atoms with Crippen LogP contribution in [-0.4, -0.2) is 10.7 Å². The summed E-state index contributed by atoms with van der Waals surface area (Å²) in [6.45, 7) is 2.27. The monoisotopic (exact) mass is 756 g/mol. The van der Waals surface area contributed by atoms with Crippen LogP contribution in [0.15, 0.2) is 194 Å². The average molecular weight is 757 g/mol. The molecule has 11 rings (SSSR count). The second-order valence-corrected chi connectivity index (χ2v) is 16.4. The Morgan fingerprint density at radius 3 is 1.93 bits per heavy atom. The molecule has 8 aromatic carbocycles. The predicted octanol–water partition coefficient (Wildman–Crippen LogP) is 14.3. The molecule has 0 spiro atoms. The zero-order chi connectivity index (χ0) is 39.5. The molecule has 59 heavy (non-hydrogen) atoms. The van der Waals surface area contributed by atoms with Gasteiger partial charge in [-0.3, -0.25) is 4.98 Å². The molecule has 0 bridgehead atoms. The summed E-state index contributed by atoms with van der Waals surface area (Å²) < 4.78 is 0. The van der Waals surface area contributed by atoms with Crippen molar-refractivity contribution < 1.29 is 0 Å². The van der Waals surface area contributed by atoms with Gasteiger partial charge in [-0.15, -0.1) is 0 Å². The Kier molecular flexibility index (Phi) is 8.48. The van der Waals surface area contributed by atoms with Crippen molar-refractivity contribution in [2.45, 2.75) is 37.5 Å². The van der Waals surface area contributed by atoms with Gasteiger partial charge in [0.2, 0.25) is 0 Å². The number of allylic oxidation sites excluding steroid dienone is 2. The number of nitrogens with one attached hydrogen (secondary N) is 1. The van der Waals surface area contributed by atoms with Crippen molar-refractivity contribution in [3.05, 3.63) is 233 Å². The number of hydrogen-bond donors (Lipinski definition) is 1. The van der Waals surface area contributed by atoms with Gasteiger partial charge in [0.25, 0.3) is 0 Å². The van der Waals surface area contributed by atoms with Crippen molar-refractivity contribution in [3.63, 3.8) is 0 Å². The minimum absolute atomic E-state index is 0.355. The van der Waals surface area contributed by atoms with Crippen LogP contribution in [0.3, 0.4) is 0 Å². The fraction of sp³-hybridized carbons (Fsp3) is 0.123. The van der Waals surface area contributed by atoms with Crippen molar-refractivity contribution in [2.75, 3.05) is 0 Å². The molecule has 1 N–H and O–H groups in total. The molecule has 0 aliphatic heterocycles. The molecule has 0 fully saturated rings. The lowest BCUT2D eigenvalue weighted by Gasteiger charge is -2.34. The van der Waals surface area contributed by atoms with E-state index in [-0.39, 0.29) is 0 Å². The van der Waals surface area contributed by atoms with Gasteiger partial charge in [0.15, 0.2) is 0 Å². The fourth-order valence-corrected chi connectivity index (χ4v) is 10.8. The highest BCUT2D eigenvalue weighted by Gasteiger charge is 2.47. The molecule has 2 aliphatic carbocycles. The minimum atomic E-state index is -0.588. The number of fused-ring (bicyclic) bond motifs is 10. The van der Waals surface area contributed by atoms with Crippen LogP contribution in [0, 0.1) is 11.3 Å². The SMILES string of the molecule is CCC1c2ncccc2CCC1/C=C\C(=N)c1ccc2c(c1)C(c1ccccc1)(c1ccccc1)c1cccc(-c3ccc4c5ccccc5c5ccccc5c4c3)c1-2. The van der Waals surface area contributed by atoms with E-state index in [0.717, 1.165) is 24.8 Å². The smallest absolute Gasteiger partial charge is 0.0714 e. The van der Waals surface area contributed by atoms with Crippen molar-refractivity contribution >= 4 is 38.0 Å². The molecular weight excluding hydrogens is 713 g/mol. The molecule has 0 radical (unpaired) electrons. The summed E-state index contributed by atoms with van der Waals surface area (Å²) in [5.41, 5.74) is 13.3. The van der Waals surface area contributed by atoms with E-state index in [1.54, 1.807) is 0 Å². The maximum Gasteiger partial charge on any atom is 0.0714 e. The lowest BCUT2D eigenvalue weighted by molar-refractivity contribution is 0.424. The van der Waals surface area contributed by atoms with Crippen molar-refractivity contribution in [1.29, 1.82) is 5.41 Å².